The molecule has 0 nitrogen and oxygen atoms in total. The fourth-order valence-electron chi connectivity index (χ4n) is 0.741. The van der Waals surface area contributed by atoms with E-state index in [1.807, 2.05) is 23.5 Å². The van der Waals surface area contributed by atoms with Crippen molar-refractivity contribution in [3.8, 4) is 0 Å². The minimum Gasteiger partial charge on any atom is -0.179 e. The van der Waals surface area contributed by atoms with E-state index in [0.717, 1.165) is 11.5 Å². The molecule has 4 heteroatoms. The van der Waals surface area contributed by atoms with Crippen molar-refractivity contribution in [3.63, 3.8) is 0 Å². The van der Waals surface area contributed by atoms with Crippen LogP contribution < -0.4 is 0 Å². The normalized spacial score (nSPS) is 10.5. The topological polar surface area (TPSA) is 0 Å². The molecule has 0 aromatic heterocycles. The van der Waals surface area contributed by atoms with Crippen molar-refractivity contribution in [1.82, 2.24) is 0 Å². The smallest absolute Gasteiger partial charge is 0.00210 e. The van der Waals surface area contributed by atoms with Gasteiger partial charge in [0.15, 0.2) is 0 Å². The van der Waals surface area contributed by atoms with Crippen molar-refractivity contribution in [2.24, 2.45) is 0 Å². The van der Waals surface area contributed by atoms with Gasteiger partial charge in [-0.25, -0.2) is 0 Å². The number of rotatable bonds is 9. The Kier molecular flexibility index (Phi) is 13.8. The minimum atomic E-state index is 1.01. The monoisotopic (exact) mass is 242 g/mol. The molecule has 0 aromatic rings. The van der Waals surface area contributed by atoms with Crippen molar-refractivity contribution in [1.29, 1.82) is 0 Å². The summed E-state index contributed by atoms with van der Waals surface area (Å²) in [7, 11) is 0. The molecule has 12 heavy (non-hydrogen) atoms. The highest BCUT2D eigenvalue weighted by Gasteiger charge is 1.90. The van der Waals surface area contributed by atoms with Gasteiger partial charge in [0.2, 0.25) is 0 Å². The molecule has 0 aromatic carbocycles. The first-order valence-electron chi connectivity index (χ1n) is 4.29. The third-order valence-electron chi connectivity index (χ3n) is 1.30. The lowest BCUT2D eigenvalue weighted by Crippen LogP contribution is -1.88. The Morgan fingerprint density at radius 1 is 0.667 bits per heavy atom. The summed E-state index contributed by atoms with van der Waals surface area (Å²) in [5.41, 5.74) is 0. The molecule has 0 rings (SSSR count). The highest BCUT2D eigenvalue weighted by atomic mass is 32.2. The predicted molar refractivity (Wildman–Crippen MR) is 71.6 cm³/mol. The van der Waals surface area contributed by atoms with Gasteiger partial charge in [0, 0.05) is 11.5 Å². The molecule has 0 aliphatic heterocycles. The van der Waals surface area contributed by atoms with Gasteiger partial charge in [0.05, 0.1) is 0 Å². The van der Waals surface area contributed by atoms with E-state index in [-0.39, 0.29) is 0 Å². The highest BCUT2D eigenvalue weighted by molar-refractivity contribution is 8.00. The predicted octanol–water partition coefficient (Wildman–Crippen LogP) is 3.09. The lowest BCUT2D eigenvalue weighted by atomic mass is 10.4. The molecular formula is C8H18S4. The molecule has 0 radical (unpaired) electrons. The van der Waals surface area contributed by atoms with Crippen LogP contribution in [0, 0.1) is 0 Å². The van der Waals surface area contributed by atoms with E-state index in [2.05, 4.69) is 25.3 Å². The minimum absolute atomic E-state index is 1.01. The molecule has 74 valence electrons. The van der Waals surface area contributed by atoms with Gasteiger partial charge >= 0.3 is 0 Å². The summed E-state index contributed by atoms with van der Waals surface area (Å²) in [6.07, 6.45) is 2.72. The van der Waals surface area contributed by atoms with E-state index >= 15 is 0 Å². The van der Waals surface area contributed by atoms with Crippen LogP contribution in [0.15, 0.2) is 0 Å². The second-order valence-electron chi connectivity index (χ2n) is 2.38. The second-order valence-corrected chi connectivity index (χ2v) is 5.72. The Morgan fingerprint density at radius 2 is 1.08 bits per heavy atom. The van der Waals surface area contributed by atoms with Crippen molar-refractivity contribution in [2.45, 2.75) is 12.8 Å². The quantitative estimate of drug-likeness (QED) is 0.471. The van der Waals surface area contributed by atoms with Gasteiger partial charge in [-0.3, -0.25) is 0 Å². The fraction of sp³-hybridized carbons (Fsp3) is 1.00. The second kappa shape index (κ2) is 12.4. The van der Waals surface area contributed by atoms with Crippen molar-refractivity contribution < 1.29 is 0 Å². The molecule has 0 saturated heterocycles. The van der Waals surface area contributed by atoms with Crippen LogP contribution in [0.4, 0.5) is 0 Å². The summed E-state index contributed by atoms with van der Waals surface area (Å²) in [6.45, 7) is 0. The molecule has 0 unspecified atom stereocenters. The molecule has 0 N–H and O–H groups in total. The molecule has 0 atom stereocenters. The number of unbranched alkanes of at least 4 members (excludes halogenated alkanes) is 1. The maximum absolute atomic E-state index is 4.16. The Hall–Kier alpha value is 1.40. The van der Waals surface area contributed by atoms with Gasteiger partial charge in [-0.2, -0.15) is 48.8 Å². The summed E-state index contributed by atoms with van der Waals surface area (Å²) in [4.78, 5) is 0. The molecule has 0 saturated carbocycles. The molecule has 0 aliphatic rings. The van der Waals surface area contributed by atoms with Crippen LogP contribution in [-0.4, -0.2) is 34.5 Å². The molecule has 0 fully saturated rings. The van der Waals surface area contributed by atoms with Crippen LogP contribution >= 0.6 is 48.8 Å². The summed E-state index contributed by atoms with van der Waals surface area (Å²) in [5, 5.41) is 0. The van der Waals surface area contributed by atoms with Gasteiger partial charge in [-0.05, 0) is 35.9 Å². The van der Waals surface area contributed by atoms with E-state index in [9.17, 15) is 0 Å². The van der Waals surface area contributed by atoms with Crippen LogP contribution in [0.2, 0.25) is 0 Å². The third-order valence-corrected chi connectivity index (χ3v) is 4.49. The van der Waals surface area contributed by atoms with Crippen LogP contribution in [0.5, 0.6) is 0 Å². The van der Waals surface area contributed by atoms with E-state index in [1.54, 1.807) is 0 Å². The maximum Gasteiger partial charge on any atom is 0.00210 e. The lowest BCUT2D eigenvalue weighted by molar-refractivity contribution is 0.907. The average molecular weight is 242 g/mol. The van der Waals surface area contributed by atoms with E-state index in [1.165, 1.54) is 35.9 Å². The Balaban J connectivity index is 2.73. The van der Waals surface area contributed by atoms with E-state index in [4.69, 9.17) is 0 Å². The van der Waals surface area contributed by atoms with Crippen LogP contribution in [0.1, 0.15) is 12.8 Å². The Bertz CT molecular complexity index is 67.5. The van der Waals surface area contributed by atoms with Gasteiger partial charge in [-0.15, -0.1) is 0 Å². The average Bonchev–Trinajstić information content (AvgIpc) is 2.10. The van der Waals surface area contributed by atoms with Gasteiger partial charge in [0.25, 0.3) is 0 Å². The molecule has 0 bridgehead atoms. The van der Waals surface area contributed by atoms with Gasteiger partial charge < -0.3 is 0 Å². The maximum atomic E-state index is 4.16. The zero-order valence-electron chi connectivity index (χ0n) is 7.37. The largest absolute Gasteiger partial charge is 0.179 e. The number of hydrogen-bond acceptors (Lipinski definition) is 4. The van der Waals surface area contributed by atoms with Crippen LogP contribution in [0.3, 0.4) is 0 Å². The zero-order chi connectivity index (χ0) is 9.07. The van der Waals surface area contributed by atoms with Crippen molar-refractivity contribution >= 4 is 48.8 Å². The van der Waals surface area contributed by atoms with Crippen LogP contribution in [0.25, 0.3) is 0 Å². The van der Waals surface area contributed by atoms with Crippen molar-refractivity contribution in [3.05, 3.63) is 0 Å². The molecule has 0 heterocycles. The zero-order valence-corrected chi connectivity index (χ0v) is 10.8. The molecular weight excluding hydrogens is 224 g/mol. The number of thiol groups is 2. The van der Waals surface area contributed by atoms with Crippen molar-refractivity contribution in [2.75, 3.05) is 34.5 Å². The lowest BCUT2D eigenvalue weighted by Gasteiger charge is -1.99. The summed E-state index contributed by atoms with van der Waals surface area (Å²) < 4.78 is 0. The van der Waals surface area contributed by atoms with E-state index in [0.29, 0.717) is 0 Å². The highest BCUT2D eigenvalue weighted by Crippen LogP contribution is 2.09. The van der Waals surface area contributed by atoms with E-state index < -0.39 is 0 Å². The standard InChI is InChI=1S/C8H18S4/c9-3-7-11-5-1-2-6-12-8-4-10/h9-10H,1-8H2. The molecule has 0 aliphatic carbocycles. The van der Waals surface area contributed by atoms with Crippen LogP contribution in [-0.2, 0) is 0 Å². The fourth-order valence-corrected chi connectivity index (χ4v) is 3.00. The number of thioether (sulfide) groups is 2. The Labute approximate surface area is 95.9 Å². The summed E-state index contributed by atoms with van der Waals surface area (Å²) in [6, 6.07) is 0. The SMILES string of the molecule is SCCSCCCCSCCS. The first kappa shape index (κ1) is 13.4. The number of hydrogen-bond donors (Lipinski definition) is 2. The molecule has 0 amide bonds. The summed E-state index contributed by atoms with van der Waals surface area (Å²) >= 11 is 12.3. The third kappa shape index (κ3) is 11.4. The Morgan fingerprint density at radius 3 is 1.42 bits per heavy atom. The first-order chi connectivity index (χ1) is 5.91. The summed E-state index contributed by atoms with van der Waals surface area (Å²) in [5.74, 6) is 7.04. The molecule has 0 spiro atoms. The first-order valence-corrected chi connectivity index (χ1v) is 7.86. The van der Waals surface area contributed by atoms with Gasteiger partial charge in [-0.1, -0.05) is 0 Å². The van der Waals surface area contributed by atoms with Gasteiger partial charge in [0.1, 0.15) is 0 Å².